The second-order valence-electron chi connectivity index (χ2n) is 5.27. The van der Waals surface area contributed by atoms with Gasteiger partial charge in [-0.2, -0.15) is 0 Å². The maximum absolute atomic E-state index is 4.36. The summed E-state index contributed by atoms with van der Waals surface area (Å²) in [6.07, 6.45) is 5.54. The van der Waals surface area contributed by atoms with Crippen molar-refractivity contribution in [2.75, 3.05) is 5.32 Å². The highest BCUT2D eigenvalue weighted by Gasteiger charge is 2.30. The molecule has 1 aromatic heterocycles. The lowest BCUT2D eigenvalue weighted by atomic mass is 9.92. The first-order chi connectivity index (χ1) is 7.05. The third-order valence-electron chi connectivity index (χ3n) is 3.10. The number of hydrogen-bond donors (Lipinski definition) is 1. The molecular weight excluding hydrogens is 186 g/mol. The Labute approximate surface area is 91.3 Å². The molecule has 3 nitrogen and oxygen atoms in total. The van der Waals surface area contributed by atoms with E-state index >= 15 is 0 Å². The molecule has 0 radical (unpaired) electrons. The fourth-order valence-corrected chi connectivity index (χ4v) is 2.26. The highest BCUT2D eigenvalue weighted by Crippen LogP contribution is 2.37. The van der Waals surface area contributed by atoms with Crippen LogP contribution in [-0.4, -0.2) is 16.0 Å². The minimum Gasteiger partial charge on any atom is -0.351 e. The predicted octanol–water partition coefficient (Wildman–Crippen LogP) is 2.78. The van der Waals surface area contributed by atoms with Gasteiger partial charge in [0.15, 0.2) is 0 Å². The molecule has 1 heterocycles. The average Bonchev–Trinajstić information content (AvgIpc) is 2.45. The quantitative estimate of drug-likeness (QED) is 0.806. The number of nitrogens with one attached hydrogen (secondary N) is 1. The standard InChI is InChI=1S/C12H19N3/c1-9-5-7-13-11(14-9)15-10-4-6-12(2,3)8-10/h5,7,10H,4,6,8H2,1-3H3,(H,13,14,15). The molecule has 0 amide bonds. The molecule has 1 aliphatic rings. The van der Waals surface area contributed by atoms with Crippen molar-refractivity contribution in [1.82, 2.24) is 9.97 Å². The van der Waals surface area contributed by atoms with E-state index in [0.717, 1.165) is 11.6 Å². The zero-order valence-electron chi connectivity index (χ0n) is 9.75. The van der Waals surface area contributed by atoms with Crippen molar-refractivity contribution in [1.29, 1.82) is 0 Å². The van der Waals surface area contributed by atoms with E-state index in [4.69, 9.17) is 0 Å². The van der Waals surface area contributed by atoms with Crippen LogP contribution in [0.5, 0.6) is 0 Å². The molecule has 2 rings (SSSR count). The summed E-state index contributed by atoms with van der Waals surface area (Å²) in [6, 6.07) is 2.46. The Balaban J connectivity index is 1.99. The fraction of sp³-hybridized carbons (Fsp3) is 0.667. The number of hydrogen-bond acceptors (Lipinski definition) is 3. The van der Waals surface area contributed by atoms with Crippen molar-refractivity contribution in [2.24, 2.45) is 5.41 Å². The van der Waals surface area contributed by atoms with Gasteiger partial charge in [0.25, 0.3) is 0 Å². The molecule has 1 aromatic rings. The minimum absolute atomic E-state index is 0.474. The molecule has 1 unspecified atom stereocenters. The van der Waals surface area contributed by atoms with Crippen LogP contribution in [-0.2, 0) is 0 Å². The van der Waals surface area contributed by atoms with Crippen LogP contribution in [0.15, 0.2) is 12.3 Å². The maximum atomic E-state index is 4.36. The van der Waals surface area contributed by atoms with E-state index in [0.29, 0.717) is 11.5 Å². The third-order valence-corrected chi connectivity index (χ3v) is 3.10. The highest BCUT2D eigenvalue weighted by atomic mass is 15.1. The number of aryl methyl sites for hydroxylation is 1. The van der Waals surface area contributed by atoms with Crippen molar-refractivity contribution in [3.05, 3.63) is 18.0 Å². The molecule has 0 saturated heterocycles. The van der Waals surface area contributed by atoms with E-state index in [1.54, 1.807) is 0 Å². The van der Waals surface area contributed by atoms with E-state index < -0.39 is 0 Å². The van der Waals surface area contributed by atoms with Crippen molar-refractivity contribution in [3.8, 4) is 0 Å². The SMILES string of the molecule is Cc1ccnc(NC2CCC(C)(C)C2)n1. The molecule has 0 spiro atoms. The molecule has 15 heavy (non-hydrogen) atoms. The molecule has 0 bridgehead atoms. The summed E-state index contributed by atoms with van der Waals surface area (Å²) in [5, 5.41) is 3.42. The fourth-order valence-electron chi connectivity index (χ4n) is 2.26. The molecule has 1 saturated carbocycles. The van der Waals surface area contributed by atoms with Crippen LogP contribution < -0.4 is 5.32 Å². The van der Waals surface area contributed by atoms with E-state index in [9.17, 15) is 0 Å². The topological polar surface area (TPSA) is 37.8 Å². The van der Waals surface area contributed by atoms with Gasteiger partial charge in [-0.1, -0.05) is 13.8 Å². The maximum Gasteiger partial charge on any atom is 0.223 e. The van der Waals surface area contributed by atoms with Gasteiger partial charge >= 0.3 is 0 Å². The van der Waals surface area contributed by atoms with E-state index in [2.05, 4.69) is 29.1 Å². The zero-order chi connectivity index (χ0) is 10.9. The van der Waals surface area contributed by atoms with Gasteiger partial charge in [-0.05, 0) is 37.7 Å². The molecule has 1 aliphatic carbocycles. The molecule has 82 valence electrons. The molecule has 1 N–H and O–H groups in total. The summed E-state index contributed by atoms with van der Waals surface area (Å²) in [5.41, 5.74) is 1.49. The van der Waals surface area contributed by atoms with E-state index in [1.807, 2.05) is 19.2 Å². The first-order valence-corrected chi connectivity index (χ1v) is 5.61. The van der Waals surface area contributed by atoms with Gasteiger partial charge < -0.3 is 5.32 Å². The first kappa shape index (κ1) is 10.4. The second-order valence-corrected chi connectivity index (χ2v) is 5.27. The van der Waals surface area contributed by atoms with Crippen LogP contribution in [0.4, 0.5) is 5.95 Å². The summed E-state index contributed by atoms with van der Waals surface area (Å²) < 4.78 is 0. The minimum atomic E-state index is 0.474. The molecule has 1 fully saturated rings. The summed E-state index contributed by atoms with van der Waals surface area (Å²) in [6.45, 7) is 6.64. The molecule has 1 atom stereocenters. The van der Waals surface area contributed by atoms with Gasteiger partial charge in [0.1, 0.15) is 0 Å². The molecule has 0 aliphatic heterocycles. The van der Waals surface area contributed by atoms with Crippen LogP contribution in [0.3, 0.4) is 0 Å². The number of anilines is 1. The summed E-state index contributed by atoms with van der Waals surface area (Å²) in [4.78, 5) is 8.59. The number of nitrogens with zero attached hydrogens (tertiary/aromatic N) is 2. The van der Waals surface area contributed by atoms with Crippen molar-refractivity contribution < 1.29 is 0 Å². The van der Waals surface area contributed by atoms with Gasteiger partial charge in [-0.25, -0.2) is 9.97 Å². The Kier molecular flexibility index (Phi) is 2.63. The first-order valence-electron chi connectivity index (χ1n) is 5.61. The smallest absolute Gasteiger partial charge is 0.223 e. The largest absolute Gasteiger partial charge is 0.351 e. The number of rotatable bonds is 2. The van der Waals surface area contributed by atoms with Crippen molar-refractivity contribution >= 4 is 5.95 Å². The monoisotopic (exact) mass is 205 g/mol. The summed E-state index contributed by atoms with van der Waals surface area (Å²) >= 11 is 0. The van der Waals surface area contributed by atoms with Crippen LogP contribution in [0.25, 0.3) is 0 Å². The van der Waals surface area contributed by atoms with Crippen LogP contribution in [0.2, 0.25) is 0 Å². The Morgan fingerprint density at radius 3 is 2.87 bits per heavy atom. The van der Waals surface area contributed by atoms with Gasteiger partial charge in [-0.15, -0.1) is 0 Å². The Bertz CT molecular complexity index is 346. The Hall–Kier alpha value is -1.12. The lowest BCUT2D eigenvalue weighted by molar-refractivity contribution is 0.378. The second kappa shape index (κ2) is 3.80. The lowest BCUT2D eigenvalue weighted by Gasteiger charge is -2.17. The van der Waals surface area contributed by atoms with Gasteiger partial charge in [-0.3, -0.25) is 0 Å². The van der Waals surface area contributed by atoms with Gasteiger partial charge in [0.05, 0.1) is 0 Å². The third kappa shape index (κ3) is 2.67. The summed E-state index contributed by atoms with van der Waals surface area (Å²) in [5.74, 6) is 0.776. The van der Waals surface area contributed by atoms with E-state index in [-0.39, 0.29) is 0 Å². The van der Waals surface area contributed by atoms with Gasteiger partial charge in [0.2, 0.25) is 5.95 Å². The highest BCUT2D eigenvalue weighted by molar-refractivity contribution is 5.27. The predicted molar refractivity (Wildman–Crippen MR) is 61.8 cm³/mol. The van der Waals surface area contributed by atoms with Crippen molar-refractivity contribution in [2.45, 2.75) is 46.1 Å². The van der Waals surface area contributed by atoms with Crippen LogP contribution in [0.1, 0.15) is 38.8 Å². The Morgan fingerprint density at radius 2 is 2.27 bits per heavy atom. The summed E-state index contributed by atoms with van der Waals surface area (Å²) in [7, 11) is 0. The van der Waals surface area contributed by atoms with Crippen molar-refractivity contribution in [3.63, 3.8) is 0 Å². The average molecular weight is 205 g/mol. The van der Waals surface area contributed by atoms with Crippen LogP contribution in [0, 0.1) is 12.3 Å². The van der Waals surface area contributed by atoms with Gasteiger partial charge in [0, 0.05) is 17.9 Å². The Morgan fingerprint density at radius 1 is 1.47 bits per heavy atom. The van der Waals surface area contributed by atoms with Crippen LogP contribution >= 0.6 is 0 Å². The zero-order valence-corrected chi connectivity index (χ0v) is 9.75. The lowest BCUT2D eigenvalue weighted by Crippen LogP contribution is -2.19. The molecule has 3 heteroatoms. The normalized spacial score (nSPS) is 24.1. The number of aromatic nitrogens is 2. The molecular formula is C12H19N3. The van der Waals surface area contributed by atoms with E-state index in [1.165, 1.54) is 19.3 Å². The molecule has 0 aromatic carbocycles.